The first-order valence-corrected chi connectivity index (χ1v) is 9.43. The lowest BCUT2D eigenvalue weighted by Gasteiger charge is -2.22. The Labute approximate surface area is 140 Å². The Hall–Kier alpha value is -1.39. The van der Waals surface area contributed by atoms with E-state index in [0.29, 0.717) is 5.75 Å². The van der Waals surface area contributed by atoms with Crippen LogP contribution in [-0.4, -0.2) is 24.0 Å². The highest BCUT2D eigenvalue weighted by Crippen LogP contribution is 2.34. The topological polar surface area (TPSA) is 20.3 Å². The van der Waals surface area contributed by atoms with Gasteiger partial charge < -0.3 is 4.90 Å². The van der Waals surface area contributed by atoms with Gasteiger partial charge in [-0.25, -0.2) is 0 Å². The molecule has 0 N–H and O–H groups in total. The molecule has 0 saturated heterocycles. The van der Waals surface area contributed by atoms with Gasteiger partial charge in [0.05, 0.1) is 11.4 Å². The summed E-state index contributed by atoms with van der Waals surface area (Å²) in [5, 5.41) is 0. The average Bonchev–Trinajstić information content (AvgIpc) is 2.76. The number of anilines is 1. The van der Waals surface area contributed by atoms with Gasteiger partial charge >= 0.3 is 0 Å². The number of aryl methyl sites for hydroxylation is 1. The quantitative estimate of drug-likeness (QED) is 0.767. The summed E-state index contributed by atoms with van der Waals surface area (Å²) in [5.74, 6) is 1.76. The average molecular weight is 329 g/mol. The SMILES string of the molecule is Cc1ccccc1SCC(=O)N1CCCSc2ccccc21. The zero-order valence-corrected chi connectivity index (χ0v) is 14.3. The molecule has 1 amide bonds. The minimum Gasteiger partial charge on any atom is -0.311 e. The Kier molecular flexibility index (Phi) is 5.11. The van der Waals surface area contributed by atoms with Crippen LogP contribution >= 0.6 is 23.5 Å². The number of carbonyl (C=O) groups is 1. The van der Waals surface area contributed by atoms with Gasteiger partial charge in [-0.1, -0.05) is 30.3 Å². The summed E-state index contributed by atoms with van der Waals surface area (Å²) in [6.07, 6.45) is 1.04. The van der Waals surface area contributed by atoms with Crippen molar-refractivity contribution in [1.29, 1.82) is 0 Å². The minimum absolute atomic E-state index is 0.197. The van der Waals surface area contributed by atoms with Gasteiger partial charge in [0.1, 0.15) is 0 Å². The highest BCUT2D eigenvalue weighted by molar-refractivity contribution is 8.00. The molecule has 0 radical (unpaired) electrons. The highest BCUT2D eigenvalue weighted by atomic mass is 32.2. The number of amides is 1. The Morgan fingerprint density at radius 2 is 1.95 bits per heavy atom. The third kappa shape index (κ3) is 3.50. The molecule has 0 aromatic heterocycles. The maximum Gasteiger partial charge on any atom is 0.237 e. The summed E-state index contributed by atoms with van der Waals surface area (Å²) in [5.41, 5.74) is 2.30. The summed E-state index contributed by atoms with van der Waals surface area (Å²) in [6.45, 7) is 2.90. The molecule has 2 nitrogen and oxygen atoms in total. The van der Waals surface area contributed by atoms with Crippen molar-refractivity contribution < 1.29 is 4.79 Å². The van der Waals surface area contributed by atoms with Gasteiger partial charge in [0.15, 0.2) is 0 Å². The van der Waals surface area contributed by atoms with Gasteiger partial charge in [-0.2, -0.15) is 0 Å². The molecule has 114 valence electrons. The van der Waals surface area contributed by atoms with Gasteiger partial charge in [-0.15, -0.1) is 23.5 Å². The van der Waals surface area contributed by atoms with Gasteiger partial charge in [-0.05, 0) is 42.9 Å². The van der Waals surface area contributed by atoms with Crippen LogP contribution in [0.5, 0.6) is 0 Å². The lowest BCUT2D eigenvalue weighted by molar-refractivity contribution is -0.116. The van der Waals surface area contributed by atoms with Crippen molar-refractivity contribution in [2.45, 2.75) is 23.1 Å². The summed E-state index contributed by atoms with van der Waals surface area (Å²) in [6, 6.07) is 16.5. The third-order valence-electron chi connectivity index (χ3n) is 3.69. The van der Waals surface area contributed by atoms with Gasteiger partial charge in [0.2, 0.25) is 5.91 Å². The van der Waals surface area contributed by atoms with Gasteiger partial charge in [-0.3, -0.25) is 4.79 Å². The normalized spacial score (nSPS) is 14.3. The number of carbonyl (C=O) groups excluding carboxylic acids is 1. The van der Waals surface area contributed by atoms with E-state index in [1.54, 1.807) is 11.8 Å². The first-order chi connectivity index (χ1) is 10.8. The maximum atomic E-state index is 12.7. The van der Waals surface area contributed by atoms with Crippen molar-refractivity contribution in [3.05, 3.63) is 54.1 Å². The number of nitrogens with zero attached hydrogens (tertiary/aromatic N) is 1. The van der Waals surface area contributed by atoms with Crippen LogP contribution in [0.2, 0.25) is 0 Å². The molecule has 1 heterocycles. The van der Waals surface area contributed by atoms with Crippen molar-refractivity contribution in [3.8, 4) is 0 Å². The number of fused-ring (bicyclic) bond motifs is 1. The molecule has 1 aliphatic rings. The van der Waals surface area contributed by atoms with E-state index in [0.717, 1.165) is 24.4 Å². The molecule has 4 heteroatoms. The molecule has 0 atom stereocenters. The van der Waals surface area contributed by atoms with Crippen LogP contribution in [0, 0.1) is 6.92 Å². The van der Waals surface area contributed by atoms with E-state index < -0.39 is 0 Å². The smallest absolute Gasteiger partial charge is 0.237 e. The van der Waals surface area contributed by atoms with Crippen LogP contribution in [0.3, 0.4) is 0 Å². The fourth-order valence-electron chi connectivity index (χ4n) is 2.52. The Morgan fingerprint density at radius 3 is 2.82 bits per heavy atom. The van der Waals surface area contributed by atoms with Gasteiger partial charge in [0.25, 0.3) is 0 Å². The molecule has 0 aliphatic carbocycles. The van der Waals surface area contributed by atoms with E-state index in [-0.39, 0.29) is 5.91 Å². The van der Waals surface area contributed by atoms with Crippen molar-refractivity contribution in [3.63, 3.8) is 0 Å². The zero-order valence-electron chi connectivity index (χ0n) is 12.6. The van der Waals surface area contributed by atoms with Crippen LogP contribution in [0.1, 0.15) is 12.0 Å². The van der Waals surface area contributed by atoms with Crippen LogP contribution < -0.4 is 4.90 Å². The zero-order chi connectivity index (χ0) is 15.4. The Bertz CT molecular complexity index is 672. The van der Waals surface area contributed by atoms with E-state index in [9.17, 15) is 4.79 Å². The monoisotopic (exact) mass is 329 g/mol. The molecule has 0 saturated carbocycles. The van der Waals surface area contributed by atoms with E-state index >= 15 is 0 Å². The van der Waals surface area contributed by atoms with Crippen LogP contribution in [0.25, 0.3) is 0 Å². The molecule has 0 fully saturated rings. The van der Waals surface area contributed by atoms with Crippen LogP contribution in [-0.2, 0) is 4.79 Å². The third-order valence-corrected chi connectivity index (χ3v) is 5.99. The number of hydrogen-bond donors (Lipinski definition) is 0. The summed E-state index contributed by atoms with van der Waals surface area (Å²) >= 11 is 3.48. The molecule has 2 aromatic rings. The fourth-order valence-corrected chi connectivity index (χ4v) is 4.42. The van der Waals surface area contributed by atoms with Crippen LogP contribution in [0.4, 0.5) is 5.69 Å². The molecule has 0 unspecified atom stereocenters. The molecule has 22 heavy (non-hydrogen) atoms. The lowest BCUT2D eigenvalue weighted by atomic mass is 10.2. The summed E-state index contributed by atoms with van der Waals surface area (Å²) in [4.78, 5) is 17.1. The molecule has 2 aromatic carbocycles. The van der Waals surface area contributed by atoms with Crippen molar-refractivity contribution in [2.24, 2.45) is 0 Å². The minimum atomic E-state index is 0.197. The molecule has 0 bridgehead atoms. The highest BCUT2D eigenvalue weighted by Gasteiger charge is 2.21. The second kappa shape index (κ2) is 7.25. The largest absolute Gasteiger partial charge is 0.311 e. The first kappa shape index (κ1) is 15.5. The second-order valence-electron chi connectivity index (χ2n) is 5.27. The number of benzene rings is 2. The van der Waals surface area contributed by atoms with E-state index in [1.165, 1.54) is 15.4 Å². The second-order valence-corrected chi connectivity index (χ2v) is 7.42. The molecule has 3 rings (SSSR count). The number of para-hydroxylation sites is 1. The van der Waals surface area contributed by atoms with Gasteiger partial charge in [0, 0.05) is 16.3 Å². The standard InChI is InChI=1S/C18H19NOS2/c1-14-7-2-4-9-16(14)22-13-18(20)19-11-6-12-21-17-10-5-3-8-15(17)19/h2-5,7-10H,6,11-13H2,1H3. The summed E-state index contributed by atoms with van der Waals surface area (Å²) < 4.78 is 0. The molecular formula is C18H19NOS2. The van der Waals surface area contributed by atoms with E-state index in [2.05, 4.69) is 31.2 Å². The van der Waals surface area contributed by atoms with Crippen LogP contribution in [0.15, 0.2) is 58.3 Å². The Balaban J connectivity index is 1.73. The van der Waals surface area contributed by atoms with E-state index in [4.69, 9.17) is 0 Å². The van der Waals surface area contributed by atoms with Crippen molar-refractivity contribution in [2.75, 3.05) is 23.0 Å². The predicted molar refractivity (Wildman–Crippen MR) is 96.0 cm³/mol. The van der Waals surface area contributed by atoms with Crippen molar-refractivity contribution >= 4 is 35.1 Å². The fraction of sp³-hybridized carbons (Fsp3) is 0.278. The number of rotatable bonds is 3. The Morgan fingerprint density at radius 1 is 1.18 bits per heavy atom. The number of hydrogen-bond acceptors (Lipinski definition) is 3. The summed E-state index contributed by atoms with van der Waals surface area (Å²) in [7, 11) is 0. The molecule has 1 aliphatic heterocycles. The van der Waals surface area contributed by atoms with E-state index in [1.807, 2.05) is 40.9 Å². The maximum absolute atomic E-state index is 12.7. The predicted octanol–water partition coefficient (Wildman–Crippen LogP) is 4.62. The first-order valence-electron chi connectivity index (χ1n) is 7.46. The van der Waals surface area contributed by atoms with Crippen molar-refractivity contribution in [1.82, 2.24) is 0 Å². The lowest BCUT2D eigenvalue weighted by Crippen LogP contribution is -2.33. The molecule has 0 spiro atoms. The molecular weight excluding hydrogens is 310 g/mol. The number of thioether (sulfide) groups is 2.